The second-order valence-electron chi connectivity index (χ2n) is 6.07. The average Bonchev–Trinajstić information content (AvgIpc) is 2.58. The molecular weight excluding hydrogens is 311 g/mol. The molecule has 1 fully saturated rings. The molecule has 0 unspecified atom stereocenters. The van der Waals surface area contributed by atoms with E-state index >= 15 is 0 Å². The van der Waals surface area contributed by atoms with Crippen molar-refractivity contribution in [2.75, 3.05) is 19.7 Å². The minimum Gasteiger partial charge on any atom is -0.484 e. The number of nitrogens with zero attached hydrogens (tertiary/aromatic N) is 1. The largest absolute Gasteiger partial charge is 0.484 e. The van der Waals surface area contributed by atoms with Crippen LogP contribution in [0, 0.1) is 5.82 Å². The van der Waals surface area contributed by atoms with Crippen LogP contribution >= 0.6 is 0 Å². The van der Waals surface area contributed by atoms with Crippen LogP contribution in [0.4, 0.5) is 4.39 Å². The van der Waals surface area contributed by atoms with Crippen LogP contribution in [0.3, 0.4) is 0 Å². The van der Waals surface area contributed by atoms with Crippen LogP contribution < -0.4 is 10.1 Å². The van der Waals surface area contributed by atoms with E-state index in [0.717, 1.165) is 25.7 Å². The standard InChI is InChI=1S/C18H25FN2O3/c1-2-3-7-17(22)20-15-8-10-21(11-9-15)18(23)13-24-16-6-4-5-14(19)12-16/h4-6,12,15H,2-3,7-11,13H2,1H3,(H,20,22). The van der Waals surface area contributed by atoms with E-state index in [0.29, 0.717) is 25.3 Å². The van der Waals surface area contributed by atoms with Gasteiger partial charge in [0.2, 0.25) is 5.91 Å². The van der Waals surface area contributed by atoms with Crippen LogP contribution in [0.25, 0.3) is 0 Å². The lowest BCUT2D eigenvalue weighted by Gasteiger charge is -2.32. The van der Waals surface area contributed by atoms with Crippen molar-refractivity contribution in [3.8, 4) is 5.75 Å². The predicted octanol–water partition coefficient (Wildman–Crippen LogP) is 2.50. The van der Waals surface area contributed by atoms with E-state index in [2.05, 4.69) is 12.2 Å². The molecule has 5 nitrogen and oxygen atoms in total. The number of piperidine rings is 1. The first-order chi connectivity index (χ1) is 11.6. The topological polar surface area (TPSA) is 58.6 Å². The maximum atomic E-state index is 13.1. The molecule has 2 rings (SSSR count). The van der Waals surface area contributed by atoms with Gasteiger partial charge in [-0.3, -0.25) is 9.59 Å². The highest BCUT2D eigenvalue weighted by Crippen LogP contribution is 2.14. The van der Waals surface area contributed by atoms with Gasteiger partial charge in [-0.1, -0.05) is 19.4 Å². The Kier molecular flexibility index (Phi) is 7.03. The third-order valence-corrected chi connectivity index (χ3v) is 4.13. The molecule has 24 heavy (non-hydrogen) atoms. The number of amides is 2. The van der Waals surface area contributed by atoms with E-state index in [4.69, 9.17) is 4.74 Å². The van der Waals surface area contributed by atoms with Crippen molar-refractivity contribution in [3.63, 3.8) is 0 Å². The van der Waals surface area contributed by atoms with Gasteiger partial charge in [0.1, 0.15) is 11.6 Å². The summed E-state index contributed by atoms with van der Waals surface area (Å²) in [5.41, 5.74) is 0. The number of benzene rings is 1. The van der Waals surface area contributed by atoms with Crippen LogP contribution in [-0.4, -0.2) is 42.5 Å². The molecule has 0 atom stereocenters. The number of hydrogen-bond acceptors (Lipinski definition) is 3. The molecule has 1 saturated heterocycles. The molecule has 6 heteroatoms. The number of hydrogen-bond donors (Lipinski definition) is 1. The number of ether oxygens (including phenoxy) is 1. The predicted molar refractivity (Wildman–Crippen MR) is 89.2 cm³/mol. The summed E-state index contributed by atoms with van der Waals surface area (Å²) in [5.74, 6) is -0.0629. The van der Waals surface area contributed by atoms with E-state index < -0.39 is 0 Å². The van der Waals surface area contributed by atoms with E-state index in [-0.39, 0.29) is 30.3 Å². The van der Waals surface area contributed by atoms with Gasteiger partial charge in [0, 0.05) is 31.6 Å². The smallest absolute Gasteiger partial charge is 0.260 e. The minimum absolute atomic E-state index is 0.0936. The second-order valence-corrected chi connectivity index (χ2v) is 6.07. The summed E-state index contributed by atoms with van der Waals surface area (Å²) in [4.78, 5) is 25.6. The molecule has 0 aromatic heterocycles. The molecule has 1 aliphatic heterocycles. The van der Waals surface area contributed by atoms with Gasteiger partial charge in [-0.15, -0.1) is 0 Å². The van der Waals surface area contributed by atoms with E-state index in [1.165, 1.54) is 12.1 Å². The van der Waals surface area contributed by atoms with Crippen molar-refractivity contribution >= 4 is 11.8 Å². The zero-order chi connectivity index (χ0) is 17.4. The SMILES string of the molecule is CCCCC(=O)NC1CCN(C(=O)COc2cccc(F)c2)CC1. The number of carbonyl (C=O) groups is 2. The molecule has 0 saturated carbocycles. The molecule has 1 aliphatic rings. The summed E-state index contributed by atoms with van der Waals surface area (Å²) in [7, 11) is 0. The number of nitrogens with one attached hydrogen (secondary N) is 1. The van der Waals surface area contributed by atoms with Gasteiger partial charge < -0.3 is 15.0 Å². The summed E-state index contributed by atoms with van der Waals surface area (Å²) in [6, 6.07) is 5.89. The van der Waals surface area contributed by atoms with Gasteiger partial charge in [0.15, 0.2) is 6.61 Å². The van der Waals surface area contributed by atoms with Crippen molar-refractivity contribution in [2.45, 2.75) is 45.1 Å². The molecule has 0 spiro atoms. The quantitative estimate of drug-likeness (QED) is 0.832. The Morgan fingerprint density at radius 1 is 1.33 bits per heavy atom. The number of halogens is 1. The summed E-state index contributed by atoms with van der Waals surface area (Å²) >= 11 is 0. The van der Waals surface area contributed by atoms with Crippen molar-refractivity contribution < 1.29 is 18.7 Å². The Hall–Kier alpha value is -2.11. The third-order valence-electron chi connectivity index (χ3n) is 4.13. The zero-order valence-corrected chi connectivity index (χ0v) is 14.1. The van der Waals surface area contributed by atoms with E-state index in [9.17, 15) is 14.0 Å². The first-order valence-electron chi connectivity index (χ1n) is 8.54. The lowest BCUT2D eigenvalue weighted by molar-refractivity contribution is -0.134. The number of carbonyl (C=O) groups excluding carboxylic acids is 2. The van der Waals surface area contributed by atoms with Crippen LogP contribution in [0.5, 0.6) is 5.75 Å². The highest BCUT2D eigenvalue weighted by Gasteiger charge is 2.23. The Balaban J connectivity index is 1.69. The highest BCUT2D eigenvalue weighted by molar-refractivity contribution is 5.78. The molecule has 132 valence electrons. The zero-order valence-electron chi connectivity index (χ0n) is 14.1. The Morgan fingerprint density at radius 3 is 2.75 bits per heavy atom. The Bertz CT molecular complexity index is 557. The maximum Gasteiger partial charge on any atom is 0.260 e. The summed E-state index contributed by atoms with van der Waals surface area (Å²) in [6.45, 7) is 3.16. The monoisotopic (exact) mass is 336 g/mol. The highest BCUT2D eigenvalue weighted by atomic mass is 19.1. The van der Waals surface area contributed by atoms with Gasteiger partial charge in [-0.25, -0.2) is 4.39 Å². The molecule has 1 heterocycles. The average molecular weight is 336 g/mol. The van der Waals surface area contributed by atoms with Crippen LogP contribution in [0.15, 0.2) is 24.3 Å². The molecule has 2 amide bonds. The first-order valence-corrected chi connectivity index (χ1v) is 8.54. The van der Waals surface area contributed by atoms with Crippen LogP contribution in [0.2, 0.25) is 0 Å². The van der Waals surface area contributed by atoms with Crippen molar-refractivity contribution in [2.24, 2.45) is 0 Å². The molecule has 1 aromatic rings. The minimum atomic E-state index is -0.389. The van der Waals surface area contributed by atoms with Crippen LogP contribution in [-0.2, 0) is 9.59 Å². The molecule has 1 N–H and O–H groups in total. The fourth-order valence-electron chi connectivity index (χ4n) is 2.70. The Morgan fingerprint density at radius 2 is 2.08 bits per heavy atom. The summed E-state index contributed by atoms with van der Waals surface area (Å²) in [6.07, 6.45) is 3.98. The first kappa shape index (κ1) is 18.2. The number of rotatable bonds is 7. The number of likely N-dealkylation sites (tertiary alicyclic amines) is 1. The van der Waals surface area contributed by atoms with Gasteiger partial charge in [0.05, 0.1) is 0 Å². The van der Waals surface area contributed by atoms with Crippen molar-refractivity contribution in [1.82, 2.24) is 10.2 Å². The molecule has 0 radical (unpaired) electrons. The number of unbranched alkanes of at least 4 members (excludes halogenated alkanes) is 1. The Labute approximate surface area is 142 Å². The fraction of sp³-hybridized carbons (Fsp3) is 0.556. The fourth-order valence-corrected chi connectivity index (χ4v) is 2.70. The van der Waals surface area contributed by atoms with Gasteiger partial charge in [-0.05, 0) is 31.4 Å². The molecule has 0 aliphatic carbocycles. The second kappa shape index (κ2) is 9.25. The van der Waals surface area contributed by atoms with Gasteiger partial charge in [0.25, 0.3) is 5.91 Å². The van der Waals surface area contributed by atoms with Crippen LogP contribution in [0.1, 0.15) is 39.0 Å². The van der Waals surface area contributed by atoms with E-state index in [1.807, 2.05) is 0 Å². The summed E-state index contributed by atoms with van der Waals surface area (Å²) < 4.78 is 18.4. The van der Waals surface area contributed by atoms with Crippen molar-refractivity contribution in [3.05, 3.63) is 30.1 Å². The summed E-state index contributed by atoms with van der Waals surface area (Å²) in [5, 5.41) is 3.03. The maximum absolute atomic E-state index is 13.1. The lowest BCUT2D eigenvalue weighted by Crippen LogP contribution is -2.47. The van der Waals surface area contributed by atoms with Gasteiger partial charge in [-0.2, -0.15) is 0 Å². The normalized spacial score (nSPS) is 15.2. The molecular formula is C18H25FN2O3. The lowest BCUT2D eigenvalue weighted by atomic mass is 10.0. The molecule has 0 bridgehead atoms. The van der Waals surface area contributed by atoms with E-state index in [1.54, 1.807) is 17.0 Å². The van der Waals surface area contributed by atoms with Crippen molar-refractivity contribution in [1.29, 1.82) is 0 Å². The third kappa shape index (κ3) is 5.83. The molecule has 1 aromatic carbocycles. The van der Waals surface area contributed by atoms with Gasteiger partial charge >= 0.3 is 0 Å².